The van der Waals surface area contributed by atoms with Gasteiger partial charge in [-0.05, 0) is 18.4 Å². The fraction of sp³-hybridized carbons (Fsp3) is 0.360. The summed E-state index contributed by atoms with van der Waals surface area (Å²) in [7, 11) is 0. The summed E-state index contributed by atoms with van der Waals surface area (Å²) >= 11 is 1.97. The minimum atomic E-state index is 0.175. The lowest BCUT2D eigenvalue weighted by molar-refractivity contribution is -0.131. The van der Waals surface area contributed by atoms with Crippen LogP contribution in [-0.2, 0) is 17.8 Å². The summed E-state index contributed by atoms with van der Waals surface area (Å²) in [4.78, 5) is 17.7. The largest absolute Gasteiger partial charge is 0.339 e. The first-order valence-electron chi connectivity index (χ1n) is 11.0. The van der Waals surface area contributed by atoms with Gasteiger partial charge in [0, 0.05) is 36.2 Å². The molecule has 2 heterocycles. The van der Waals surface area contributed by atoms with Crippen molar-refractivity contribution in [1.82, 2.24) is 10.1 Å². The molecule has 0 spiro atoms. The summed E-state index contributed by atoms with van der Waals surface area (Å²) in [5.74, 6) is 3.17. The smallest absolute Gasteiger partial charge is 0.232 e. The average Bonchev–Trinajstić information content (AvgIpc) is 3.58. The summed E-state index contributed by atoms with van der Waals surface area (Å²) in [6.07, 6.45) is 2.57. The Morgan fingerprint density at radius 2 is 1.71 bits per heavy atom. The van der Waals surface area contributed by atoms with Crippen molar-refractivity contribution in [1.29, 1.82) is 0 Å². The van der Waals surface area contributed by atoms with E-state index in [0.29, 0.717) is 19.0 Å². The molecule has 1 aliphatic heterocycles. The van der Waals surface area contributed by atoms with E-state index >= 15 is 0 Å². The van der Waals surface area contributed by atoms with Gasteiger partial charge in [0.15, 0.2) is 0 Å². The third-order valence-corrected chi connectivity index (χ3v) is 6.89. The lowest BCUT2D eigenvalue weighted by atomic mass is 10.1. The molecule has 1 aromatic heterocycles. The molecule has 3 aromatic rings. The Bertz CT molecular complexity index is 1010. The Labute approximate surface area is 187 Å². The van der Waals surface area contributed by atoms with E-state index in [4.69, 9.17) is 4.52 Å². The van der Waals surface area contributed by atoms with Gasteiger partial charge in [-0.3, -0.25) is 4.79 Å². The monoisotopic (exact) mass is 433 g/mol. The molecule has 160 valence electrons. The molecule has 31 heavy (non-hydrogen) atoms. The van der Waals surface area contributed by atoms with Crippen LogP contribution < -0.4 is 4.90 Å². The fourth-order valence-corrected chi connectivity index (χ4v) is 5.03. The molecular formula is C25H27N3O2S. The van der Waals surface area contributed by atoms with Crippen molar-refractivity contribution in [3.05, 3.63) is 71.8 Å². The van der Waals surface area contributed by atoms with Gasteiger partial charge in [-0.15, -0.1) is 0 Å². The Balaban J connectivity index is 1.46. The summed E-state index contributed by atoms with van der Waals surface area (Å²) in [5.41, 5.74) is 3.98. The maximum Gasteiger partial charge on any atom is 0.232 e. The Morgan fingerprint density at radius 1 is 1.03 bits per heavy atom. The second-order valence-electron chi connectivity index (χ2n) is 8.20. The Morgan fingerprint density at radius 3 is 2.39 bits per heavy atom. The highest BCUT2D eigenvalue weighted by atomic mass is 32.2. The average molecular weight is 434 g/mol. The molecule has 5 rings (SSSR count). The second kappa shape index (κ2) is 9.18. The van der Waals surface area contributed by atoms with Gasteiger partial charge in [-0.1, -0.05) is 65.8 Å². The van der Waals surface area contributed by atoms with Gasteiger partial charge in [0.05, 0.1) is 18.5 Å². The number of rotatable bonds is 7. The standard InChI is InChI=1S/C25H27N3O2S/c29-23(17-19-7-3-1-4-8-19)28(21-11-12-21)18-22-24(20-9-5-2-6-10-20)26-30-25(22)27-13-15-31-16-14-27/h1-10,21H,11-18H2. The first-order valence-corrected chi connectivity index (χ1v) is 12.1. The van der Waals surface area contributed by atoms with E-state index in [0.717, 1.165) is 65.7 Å². The zero-order chi connectivity index (χ0) is 21.0. The second-order valence-corrected chi connectivity index (χ2v) is 9.42. The van der Waals surface area contributed by atoms with Crippen molar-refractivity contribution in [2.75, 3.05) is 29.5 Å². The van der Waals surface area contributed by atoms with E-state index in [9.17, 15) is 4.79 Å². The van der Waals surface area contributed by atoms with Gasteiger partial charge in [-0.25, -0.2) is 0 Å². The molecule has 1 saturated heterocycles. The number of nitrogens with zero attached hydrogens (tertiary/aromatic N) is 3. The minimum Gasteiger partial charge on any atom is -0.339 e. The van der Waals surface area contributed by atoms with Crippen molar-refractivity contribution in [2.24, 2.45) is 0 Å². The summed E-state index contributed by atoms with van der Waals surface area (Å²) < 4.78 is 5.92. The number of thioether (sulfide) groups is 1. The zero-order valence-electron chi connectivity index (χ0n) is 17.6. The summed E-state index contributed by atoms with van der Waals surface area (Å²) in [6, 6.07) is 20.5. The van der Waals surface area contributed by atoms with Crippen molar-refractivity contribution in [3.63, 3.8) is 0 Å². The van der Waals surface area contributed by atoms with Crippen LogP contribution in [0.3, 0.4) is 0 Å². The van der Waals surface area contributed by atoms with Crippen LogP contribution in [0.4, 0.5) is 5.88 Å². The quantitative estimate of drug-likeness (QED) is 0.544. The number of amides is 1. The van der Waals surface area contributed by atoms with Crippen molar-refractivity contribution < 1.29 is 9.32 Å². The molecule has 1 aliphatic carbocycles. The van der Waals surface area contributed by atoms with Gasteiger partial charge in [0.25, 0.3) is 0 Å². The number of benzene rings is 2. The summed E-state index contributed by atoms with van der Waals surface area (Å²) in [6.45, 7) is 2.44. The van der Waals surface area contributed by atoms with Crippen molar-refractivity contribution >= 4 is 23.6 Å². The first kappa shape index (κ1) is 20.2. The van der Waals surface area contributed by atoms with Gasteiger partial charge >= 0.3 is 0 Å². The van der Waals surface area contributed by atoms with Crippen LogP contribution in [0.1, 0.15) is 24.0 Å². The lowest BCUT2D eigenvalue weighted by Crippen LogP contribution is -2.36. The third kappa shape index (κ3) is 4.64. The molecule has 2 fully saturated rings. The predicted molar refractivity (Wildman–Crippen MR) is 125 cm³/mol. The van der Waals surface area contributed by atoms with Crippen molar-refractivity contribution in [3.8, 4) is 11.3 Å². The van der Waals surface area contributed by atoms with Crippen LogP contribution >= 0.6 is 11.8 Å². The van der Waals surface area contributed by atoms with E-state index < -0.39 is 0 Å². The van der Waals surface area contributed by atoms with E-state index in [-0.39, 0.29) is 5.91 Å². The lowest BCUT2D eigenvalue weighted by Gasteiger charge is -2.28. The molecule has 0 atom stereocenters. The van der Waals surface area contributed by atoms with E-state index in [1.54, 1.807) is 0 Å². The van der Waals surface area contributed by atoms with E-state index in [1.807, 2.05) is 65.2 Å². The van der Waals surface area contributed by atoms with Crippen LogP contribution in [0.2, 0.25) is 0 Å². The number of carbonyl (C=O) groups excluding carboxylic acids is 1. The molecule has 1 saturated carbocycles. The van der Waals surface area contributed by atoms with Gasteiger partial charge in [-0.2, -0.15) is 11.8 Å². The van der Waals surface area contributed by atoms with Crippen LogP contribution in [0.5, 0.6) is 0 Å². The number of hydrogen-bond acceptors (Lipinski definition) is 5. The third-order valence-electron chi connectivity index (χ3n) is 5.95. The predicted octanol–water partition coefficient (Wildman–Crippen LogP) is 4.63. The Kier molecular flexibility index (Phi) is 5.98. The van der Waals surface area contributed by atoms with Gasteiger partial charge in [0.2, 0.25) is 11.8 Å². The summed E-state index contributed by atoms with van der Waals surface area (Å²) in [5, 5.41) is 4.48. The zero-order valence-corrected chi connectivity index (χ0v) is 18.4. The van der Waals surface area contributed by atoms with E-state index in [2.05, 4.69) is 22.2 Å². The van der Waals surface area contributed by atoms with E-state index in [1.165, 1.54) is 0 Å². The van der Waals surface area contributed by atoms with Crippen LogP contribution in [0, 0.1) is 0 Å². The number of aromatic nitrogens is 1. The Hall–Kier alpha value is -2.73. The minimum absolute atomic E-state index is 0.175. The molecule has 6 heteroatoms. The number of anilines is 1. The molecule has 1 amide bonds. The molecule has 0 radical (unpaired) electrons. The van der Waals surface area contributed by atoms with Crippen LogP contribution in [0.15, 0.2) is 65.2 Å². The number of carbonyl (C=O) groups is 1. The molecule has 0 unspecified atom stereocenters. The van der Waals surface area contributed by atoms with Crippen molar-refractivity contribution in [2.45, 2.75) is 31.8 Å². The molecule has 5 nitrogen and oxygen atoms in total. The molecule has 0 N–H and O–H groups in total. The number of hydrogen-bond donors (Lipinski definition) is 0. The molecular weight excluding hydrogens is 406 g/mol. The van der Waals surface area contributed by atoms with Crippen LogP contribution in [0.25, 0.3) is 11.3 Å². The highest BCUT2D eigenvalue weighted by molar-refractivity contribution is 7.99. The van der Waals surface area contributed by atoms with Gasteiger partial charge < -0.3 is 14.3 Å². The highest BCUT2D eigenvalue weighted by Gasteiger charge is 2.35. The maximum atomic E-state index is 13.3. The molecule has 0 bridgehead atoms. The molecule has 2 aromatic carbocycles. The first-order chi connectivity index (χ1) is 15.3. The maximum absolute atomic E-state index is 13.3. The SMILES string of the molecule is O=C(Cc1ccccc1)N(Cc1c(-c2ccccc2)noc1N1CCSCC1)C1CC1. The molecule has 2 aliphatic rings. The fourth-order valence-electron chi connectivity index (χ4n) is 4.13. The van der Waals surface area contributed by atoms with Gasteiger partial charge in [0.1, 0.15) is 5.69 Å². The topological polar surface area (TPSA) is 49.6 Å². The van der Waals surface area contributed by atoms with Crippen LogP contribution in [-0.4, -0.2) is 46.6 Å². The highest BCUT2D eigenvalue weighted by Crippen LogP contribution is 2.36. The normalized spacial score (nSPS) is 16.3.